The highest BCUT2D eigenvalue weighted by Gasteiger charge is 2.57. The number of aliphatic hydroxyl groups excluding tert-OH is 6. The standard InChI is InChI=1S/C71H90N6O21S2/c1-4-5-12-31-94-57-38-51(66(88)72-29-36-99-34-13-32-95-70(68(90)91)39-53(80)58(76-43(2)78)62(97-70)60(84)55(82)41-74-64(86)49-23-19-47(20-24-49)45-15-8-6-9-16-45)27-28-52(57)67(89)73-30-37-100-35-14-33-96-71(69(92)93)40-54(81)59(77-44(3)79)63(98-71)61(85)56(83)42-75-65(87)50-25-21-48(22-26-50)46-17-10-7-11-18-46/h6-11,15-28,38,53-56,58-63,80-85H,4-5,12-14,29-37,39-42H2,1-3H3,(H,72,88)(H,73,89)(H,74,86)(H,75,87)(H,76,78)(H,77,79)(H,90,91)(H,92,93)/t53-,54-,55+,56+,58+,59+,60?,61?,62+,63+,70+,71+/m0/s1. The molecule has 100 heavy (non-hydrogen) atoms. The molecular weight excluding hydrogens is 1340 g/mol. The molecule has 0 radical (unpaired) electrons. The van der Waals surface area contributed by atoms with E-state index in [1.54, 1.807) is 48.5 Å². The van der Waals surface area contributed by atoms with Crippen LogP contribution in [0.2, 0.25) is 0 Å². The van der Waals surface area contributed by atoms with E-state index in [4.69, 9.17) is 23.7 Å². The molecule has 0 spiro atoms. The molecular formula is C71H90N6O21S2. The zero-order valence-corrected chi connectivity index (χ0v) is 57.5. The second-order valence-corrected chi connectivity index (χ2v) is 26.6. The van der Waals surface area contributed by atoms with Crippen molar-refractivity contribution in [1.29, 1.82) is 0 Å². The van der Waals surface area contributed by atoms with Gasteiger partial charge in [0.05, 0.1) is 61.9 Å². The monoisotopic (exact) mass is 1430 g/mol. The average Bonchev–Trinajstić information content (AvgIpc) is 0.774. The van der Waals surface area contributed by atoms with Crippen LogP contribution in [-0.2, 0) is 38.1 Å². The molecule has 2 aliphatic heterocycles. The topological polar surface area (TPSA) is 417 Å². The summed E-state index contributed by atoms with van der Waals surface area (Å²) in [5, 5.41) is 104. The Labute approximate surface area is 587 Å². The largest absolute Gasteiger partial charge is 0.493 e. The van der Waals surface area contributed by atoms with Crippen LogP contribution >= 0.6 is 23.5 Å². The van der Waals surface area contributed by atoms with Gasteiger partial charge in [-0.1, -0.05) is 105 Å². The van der Waals surface area contributed by atoms with E-state index in [0.29, 0.717) is 29.4 Å². The van der Waals surface area contributed by atoms with Gasteiger partial charge in [0, 0.05) is 81.1 Å². The lowest BCUT2D eigenvalue weighted by molar-refractivity contribution is -0.310. The Morgan fingerprint density at radius 1 is 0.500 bits per heavy atom. The molecule has 2 unspecified atom stereocenters. The number of hydrogen-bond acceptors (Lipinski definition) is 21. The van der Waals surface area contributed by atoms with Crippen LogP contribution in [-0.4, -0.2) is 230 Å². The number of amides is 6. The summed E-state index contributed by atoms with van der Waals surface area (Å²) in [6, 6.07) is 34.1. The van der Waals surface area contributed by atoms with Crippen LogP contribution in [0.15, 0.2) is 127 Å². The lowest BCUT2D eigenvalue weighted by atomic mass is 9.88. The van der Waals surface area contributed by atoms with Crippen molar-refractivity contribution in [2.24, 2.45) is 0 Å². The summed E-state index contributed by atoms with van der Waals surface area (Å²) in [5.41, 5.74) is 4.58. The van der Waals surface area contributed by atoms with Crippen LogP contribution in [0, 0.1) is 0 Å². The van der Waals surface area contributed by atoms with E-state index in [0.717, 1.165) is 48.9 Å². The van der Waals surface area contributed by atoms with Crippen LogP contribution < -0.4 is 36.6 Å². The Morgan fingerprint density at radius 3 is 1.31 bits per heavy atom. The third-order valence-electron chi connectivity index (χ3n) is 16.5. The fourth-order valence-corrected chi connectivity index (χ4v) is 12.8. The van der Waals surface area contributed by atoms with Gasteiger partial charge in [0.15, 0.2) is 0 Å². The molecule has 0 saturated carbocycles. The maximum Gasteiger partial charge on any atom is 0.364 e. The van der Waals surface area contributed by atoms with Crippen molar-refractivity contribution in [3.8, 4) is 28.0 Å². The number of carboxylic acid groups (broad SMARTS) is 2. The Hall–Kier alpha value is -8.04. The van der Waals surface area contributed by atoms with Crippen LogP contribution in [0.5, 0.6) is 5.75 Å². The van der Waals surface area contributed by atoms with Crippen LogP contribution in [0.25, 0.3) is 22.3 Å². The molecule has 0 aliphatic carbocycles. The zero-order chi connectivity index (χ0) is 72.4. The van der Waals surface area contributed by atoms with Crippen molar-refractivity contribution < 1.29 is 103 Å². The minimum atomic E-state index is -2.51. The summed E-state index contributed by atoms with van der Waals surface area (Å²) in [6.45, 7) is 3.61. The Kier molecular flexibility index (Phi) is 31.1. The molecule has 2 aliphatic rings. The molecule has 2 fully saturated rings. The lowest BCUT2D eigenvalue weighted by Crippen LogP contribution is -2.68. The van der Waals surface area contributed by atoms with Gasteiger partial charge in [-0.2, -0.15) is 23.5 Å². The first kappa shape index (κ1) is 79.3. The van der Waals surface area contributed by atoms with Gasteiger partial charge in [0.1, 0.15) is 30.2 Å². The lowest BCUT2D eigenvalue weighted by Gasteiger charge is -2.46. The highest BCUT2D eigenvalue weighted by atomic mass is 32.2. The van der Waals surface area contributed by atoms with Crippen molar-refractivity contribution >= 4 is 70.9 Å². The Balaban J connectivity index is 0.827. The fraction of sp³-hybridized carbons (Fsp3) is 0.465. The molecule has 542 valence electrons. The molecule has 5 aromatic carbocycles. The van der Waals surface area contributed by atoms with Gasteiger partial charge in [-0.15, -0.1) is 0 Å². The third kappa shape index (κ3) is 22.7. The summed E-state index contributed by atoms with van der Waals surface area (Å²) in [6.07, 6.45) is -12.4. The summed E-state index contributed by atoms with van der Waals surface area (Å²) < 4.78 is 29.3. The van der Waals surface area contributed by atoms with E-state index >= 15 is 0 Å². The van der Waals surface area contributed by atoms with E-state index in [9.17, 15) is 79.2 Å². The normalized spacial score (nSPS) is 21.6. The number of carbonyl (C=O) groups is 8. The first-order chi connectivity index (χ1) is 48.0. The quantitative estimate of drug-likeness (QED) is 0.0250. The Morgan fingerprint density at radius 2 is 0.900 bits per heavy atom. The van der Waals surface area contributed by atoms with Gasteiger partial charge in [-0.05, 0) is 95.5 Å². The Bertz CT molecular complexity index is 3490. The van der Waals surface area contributed by atoms with E-state index < -0.39 is 146 Å². The van der Waals surface area contributed by atoms with Gasteiger partial charge in [-0.25, -0.2) is 9.59 Å². The molecule has 29 heteroatoms. The highest BCUT2D eigenvalue weighted by molar-refractivity contribution is 7.99. The number of aliphatic carboxylic acids is 2. The average molecular weight is 1430 g/mol. The molecule has 7 rings (SSSR count). The molecule has 5 aromatic rings. The predicted octanol–water partition coefficient (Wildman–Crippen LogP) is 3.50. The fourth-order valence-electron chi connectivity index (χ4n) is 11.2. The van der Waals surface area contributed by atoms with Gasteiger partial charge >= 0.3 is 11.9 Å². The third-order valence-corrected chi connectivity index (χ3v) is 18.7. The number of aliphatic hydroxyl groups is 6. The summed E-state index contributed by atoms with van der Waals surface area (Å²) in [4.78, 5) is 103. The maximum atomic E-state index is 13.6. The number of benzene rings is 5. The SMILES string of the molecule is CCCCCOc1cc(C(=O)NCCSCCCO[C@]2(C(=O)O)C[C@H](O)[C@@H](NC(C)=O)[C@H](C(O)[C@H](O)CNC(=O)c3ccc(-c4ccccc4)cc3)O2)ccc1C(=O)NCCSCCCO[C@]1(C(=O)O)C[C@H](O)[C@@H](NC(C)=O)[C@H](C(O)[C@H](O)CNC(=O)c2ccc(-c3ccccc3)cc2)O1. The van der Waals surface area contributed by atoms with E-state index in [-0.39, 0.29) is 73.8 Å². The van der Waals surface area contributed by atoms with Gasteiger partial charge < -0.3 is 96.4 Å². The molecule has 0 bridgehead atoms. The van der Waals surface area contributed by atoms with Crippen molar-refractivity contribution in [2.45, 2.75) is 138 Å². The van der Waals surface area contributed by atoms with E-state index in [1.165, 1.54) is 41.7 Å². The molecule has 2 saturated heterocycles. The minimum Gasteiger partial charge on any atom is -0.493 e. The first-order valence-electron chi connectivity index (χ1n) is 33.0. The highest BCUT2D eigenvalue weighted by Crippen LogP contribution is 2.36. The van der Waals surface area contributed by atoms with E-state index in [2.05, 4.69) is 31.9 Å². The van der Waals surface area contributed by atoms with Crippen LogP contribution in [0.4, 0.5) is 0 Å². The maximum absolute atomic E-state index is 13.6. The summed E-state index contributed by atoms with van der Waals surface area (Å²) in [7, 11) is 0. The smallest absolute Gasteiger partial charge is 0.364 e. The van der Waals surface area contributed by atoms with Gasteiger partial charge in [0.2, 0.25) is 11.8 Å². The number of thioether (sulfide) groups is 2. The summed E-state index contributed by atoms with van der Waals surface area (Å²) >= 11 is 2.83. The molecule has 2 heterocycles. The van der Waals surface area contributed by atoms with Crippen LogP contribution in [0.1, 0.15) is 107 Å². The molecule has 12 atom stereocenters. The van der Waals surface area contributed by atoms with Crippen molar-refractivity contribution in [2.75, 3.05) is 69.0 Å². The number of nitrogens with one attached hydrogen (secondary N) is 6. The first-order valence-corrected chi connectivity index (χ1v) is 35.4. The second kappa shape index (κ2) is 39.2. The predicted molar refractivity (Wildman–Crippen MR) is 371 cm³/mol. The van der Waals surface area contributed by atoms with Crippen molar-refractivity contribution in [3.63, 3.8) is 0 Å². The number of carbonyl (C=O) groups excluding carboxylic acids is 6. The molecule has 27 nitrogen and oxygen atoms in total. The number of ether oxygens (including phenoxy) is 5. The molecule has 14 N–H and O–H groups in total. The number of hydrogen-bond donors (Lipinski definition) is 14. The van der Waals surface area contributed by atoms with Crippen molar-refractivity contribution in [3.05, 3.63) is 150 Å². The number of rotatable bonds is 39. The van der Waals surface area contributed by atoms with Crippen LogP contribution in [0.3, 0.4) is 0 Å². The molecule has 6 amide bonds. The van der Waals surface area contributed by atoms with E-state index in [1.807, 2.05) is 67.6 Å². The zero-order valence-electron chi connectivity index (χ0n) is 55.8. The van der Waals surface area contributed by atoms with Gasteiger partial charge in [0.25, 0.3) is 35.2 Å². The molecule has 0 aromatic heterocycles. The van der Waals surface area contributed by atoms with Gasteiger partial charge in [-0.3, -0.25) is 28.8 Å². The minimum absolute atomic E-state index is 0.196. The second-order valence-electron chi connectivity index (χ2n) is 24.1. The summed E-state index contributed by atoms with van der Waals surface area (Å²) in [5.74, 6) is -9.71. The number of unbranched alkanes of at least 4 members (excludes halogenated alkanes) is 2. The van der Waals surface area contributed by atoms with Crippen molar-refractivity contribution in [1.82, 2.24) is 31.9 Å². The number of carboxylic acids is 2.